The van der Waals surface area contributed by atoms with Gasteiger partial charge in [0.15, 0.2) is 0 Å². The molecule has 1 aliphatic heterocycles. The van der Waals surface area contributed by atoms with E-state index in [1.807, 2.05) is 25.2 Å². The van der Waals surface area contributed by atoms with Crippen molar-refractivity contribution in [3.63, 3.8) is 0 Å². The maximum Gasteiger partial charge on any atom is 0.220 e. The number of amides is 1. The molecule has 1 aromatic carbocycles. The van der Waals surface area contributed by atoms with Crippen LogP contribution in [-0.4, -0.2) is 51.1 Å². The zero-order valence-electron chi connectivity index (χ0n) is 15.1. The number of hydrogen-bond donors (Lipinski definition) is 2. The van der Waals surface area contributed by atoms with E-state index in [1.54, 1.807) is 7.11 Å². The van der Waals surface area contributed by atoms with Crippen molar-refractivity contribution in [1.82, 2.24) is 15.5 Å². The molecule has 1 aliphatic rings. The predicted molar refractivity (Wildman–Crippen MR) is 107 cm³/mol. The fraction of sp³-hybridized carbons (Fsp3) is 0.611. The third kappa shape index (κ3) is 7.40. The summed E-state index contributed by atoms with van der Waals surface area (Å²) in [4.78, 5) is 14.5. The normalized spacial score (nSPS) is 15.0. The molecule has 0 radical (unpaired) electrons. The molecule has 25 heavy (non-hydrogen) atoms. The van der Waals surface area contributed by atoms with Crippen molar-refractivity contribution in [3.8, 4) is 5.75 Å². The maximum atomic E-state index is 12.0. The monoisotopic (exact) mass is 391 g/mol. The van der Waals surface area contributed by atoms with Crippen molar-refractivity contribution in [1.29, 1.82) is 0 Å². The second-order valence-electron chi connectivity index (χ2n) is 6.01. The number of carbonyl (C=O) groups is 1. The van der Waals surface area contributed by atoms with Gasteiger partial charge in [-0.3, -0.25) is 9.69 Å². The fourth-order valence-electron chi connectivity index (χ4n) is 3.16. The zero-order valence-corrected chi connectivity index (χ0v) is 16.8. The minimum absolute atomic E-state index is 0. The molecule has 1 amide bonds. The van der Waals surface area contributed by atoms with E-state index in [2.05, 4.69) is 21.6 Å². The Morgan fingerprint density at radius 3 is 2.56 bits per heavy atom. The average molecular weight is 392 g/mol. The second-order valence-corrected chi connectivity index (χ2v) is 6.01. The van der Waals surface area contributed by atoms with Gasteiger partial charge in [0.25, 0.3) is 0 Å². The highest BCUT2D eigenvalue weighted by atomic mass is 35.5. The third-order valence-corrected chi connectivity index (χ3v) is 4.40. The molecule has 0 spiro atoms. The topological polar surface area (TPSA) is 53.6 Å². The number of ether oxygens (including phenoxy) is 1. The quantitative estimate of drug-likeness (QED) is 0.635. The molecule has 0 bridgehead atoms. The maximum absolute atomic E-state index is 12.0. The summed E-state index contributed by atoms with van der Waals surface area (Å²) < 4.78 is 5.52. The molecule has 5 nitrogen and oxygen atoms in total. The van der Waals surface area contributed by atoms with Gasteiger partial charge in [0.05, 0.1) is 13.2 Å². The number of methoxy groups -OCH3 is 1. The molecule has 144 valence electrons. The van der Waals surface area contributed by atoms with E-state index < -0.39 is 0 Å². The Balaban J connectivity index is 0.00000288. The molecule has 0 aromatic heterocycles. The van der Waals surface area contributed by atoms with Crippen LogP contribution in [0.5, 0.6) is 5.75 Å². The molecule has 2 rings (SSSR count). The first-order valence-corrected chi connectivity index (χ1v) is 8.54. The molecule has 2 N–H and O–H groups in total. The molecular formula is C18H31Cl2N3O2. The summed E-state index contributed by atoms with van der Waals surface area (Å²) in [6.45, 7) is 3.67. The predicted octanol–water partition coefficient (Wildman–Crippen LogP) is 2.79. The third-order valence-electron chi connectivity index (χ3n) is 4.40. The molecule has 1 aromatic rings. The van der Waals surface area contributed by atoms with Crippen molar-refractivity contribution in [2.45, 2.75) is 31.7 Å². The van der Waals surface area contributed by atoms with E-state index >= 15 is 0 Å². The molecule has 1 heterocycles. The number of hydrogen-bond acceptors (Lipinski definition) is 4. The second kappa shape index (κ2) is 13.2. The number of likely N-dealkylation sites (tertiary alicyclic amines) is 1. The van der Waals surface area contributed by atoms with Gasteiger partial charge in [-0.15, -0.1) is 24.8 Å². The first-order chi connectivity index (χ1) is 11.3. The first kappa shape index (κ1) is 24.0. The van der Waals surface area contributed by atoms with Crippen LogP contribution in [0.1, 0.15) is 37.3 Å². The minimum Gasteiger partial charge on any atom is -0.496 e. The van der Waals surface area contributed by atoms with Crippen molar-refractivity contribution in [2.75, 3.05) is 40.3 Å². The Kier molecular flexibility index (Phi) is 12.7. The van der Waals surface area contributed by atoms with Gasteiger partial charge in [0, 0.05) is 18.5 Å². The number of para-hydroxylation sites is 1. The highest BCUT2D eigenvalue weighted by Gasteiger charge is 2.26. The van der Waals surface area contributed by atoms with Crippen molar-refractivity contribution >= 4 is 30.7 Å². The highest BCUT2D eigenvalue weighted by Crippen LogP contribution is 2.31. The van der Waals surface area contributed by atoms with Crippen LogP contribution in [0.25, 0.3) is 0 Å². The van der Waals surface area contributed by atoms with Crippen LogP contribution in [0.2, 0.25) is 0 Å². The molecule has 1 atom stereocenters. The number of halogens is 2. The van der Waals surface area contributed by atoms with Gasteiger partial charge < -0.3 is 15.4 Å². The molecule has 0 saturated carbocycles. The van der Waals surface area contributed by atoms with Crippen LogP contribution in [-0.2, 0) is 4.79 Å². The summed E-state index contributed by atoms with van der Waals surface area (Å²) in [6, 6.07) is 8.30. The smallest absolute Gasteiger partial charge is 0.220 e. The SMILES string of the molecule is CNCCCC(=O)NCC(c1ccccc1OC)N1CCCC1.Cl.Cl. The molecule has 1 fully saturated rings. The number of benzene rings is 1. The van der Waals surface area contributed by atoms with Crippen molar-refractivity contribution < 1.29 is 9.53 Å². The van der Waals surface area contributed by atoms with Crippen LogP contribution in [0.15, 0.2) is 24.3 Å². The lowest BCUT2D eigenvalue weighted by Crippen LogP contribution is -2.37. The summed E-state index contributed by atoms with van der Waals surface area (Å²) in [5.74, 6) is 1.02. The van der Waals surface area contributed by atoms with Crippen molar-refractivity contribution in [2.24, 2.45) is 0 Å². The number of nitrogens with zero attached hydrogens (tertiary/aromatic N) is 1. The van der Waals surface area contributed by atoms with Crippen LogP contribution in [0.4, 0.5) is 0 Å². The van der Waals surface area contributed by atoms with Crippen LogP contribution in [0.3, 0.4) is 0 Å². The Morgan fingerprint density at radius 2 is 1.92 bits per heavy atom. The summed E-state index contributed by atoms with van der Waals surface area (Å²) in [7, 11) is 3.61. The van der Waals surface area contributed by atoms with E-state index in [4.69, 9.17) is 4.74 Å². The highest BCUT2D eigenvalue weighted by molar-refractivity contribution is 5.85. The van der Waals surface area contributed by atoms with E-state index in [0.29, 0.717) is 13.0 Å². The standard InChI is InChI=1S/C18H29N3O2.2ClH/c1-19-11-7-10-18(22)20-14-16(21-12-5-6-13-21)15-8-3-4-9-17(15)23-2;;/h3-4,8-9,16,19H,5-7,10-14H2,1-2H3,(H,20,22);2*1H. The van der Waals surface area contributed by atoms with Gasteiger partial charge in [-0.1, -0.05) is 18.2 Å². The van der Waals surface area contributed by atoms with E-state index in [-0.39, 0.29) is 36.8 Å². The Bertz CT molecular complexity index is 497. The first-order valence-electron chi connectivity index (χ1n) is 8.54. The van der Waals surface area contributed by atoms with Crippen LogP contribution < -0.4 is 15.4 Å². The zero-order chi connectivity index (χ0) is 16.5. The van der Waals surface area contributed by atoms with E-state index in [0.717, 1.165) is 37.4 Å². The number of carbonyl (C=O) groups excluding carboxylic acids is 1. The largest absolute Gasteiger partial charge is 0.496 e. The summed E-state index contributed by atoms with van der Waals surface area (Å²) >= 11 is 0. The number of rotatable bonds is 9. The van der Waals surface area contributed by atoms with Crippen molar-refractivity contribution in [3.05, 3.63) is 29.8 Å². The molecule has 1 unspecified atom stereocenters. The average Bonchev–Trinajstić information content (AvgIpc) is 3.10. The summed E-state index contributed by atoms with van der Waals surface area (Å²) in [5.41, 5.74) is 1.16. The van der Waals surface area contributed by atoms with E-state index in [9.17, 15) is 4.79 Å². The lowest BCUT2D eigenvalue weighted by atomic mass is 10.0. The van der Waals surface area contributed by atoms with Gasteiger partial charge in [0.2, 0.25) is 5.91 Å². The lowest BCUT2D eigenvalue weighted by Gasteiger charge is -2.29. The van der Waals surface area contributed by atoms with Gasteiger partial charge in [-0.05, 0) is 52.0 Å². The van der Waals surface area contributed by atoms with Gasteiger partial charge in [-0.2, -0.15) is 0 Å². The lowest BCUT2D eigenvalue weighted by molar-refractivity contribution is -0.121. The van der Waals surface area contributed by atoms with Crippen LogP contribution in [0, 0.1) is 0 Å². The van der Waals surface area contributed by atoms with Gasteiger partial charge >= 0.3 is 0 Å². The van der Waals surface area contributed by atoms with Crippen LogP contribution >= 0.6 is 24.8 Å². The summed E-state index contributed by atoms with van der Waals surface area (Å²) in [5, 5.41) is 6.17. The van der Waals surface area contributed by atoms with Gasteiger partial charge in [0.1, 0.15) is 5.75 Å². The Morgan fingerprint density at radius 1 is 1.24 bits per heavy atom. The minimum atomic E-state index is 0. The number of nitrogens with one attached hydrogen (secondary N) is 2. The molecule has 1 saturated heterocycles. The Hall–Kier alpha value is -1.01. The van der Waals surface area contributed by atoms with Gasteiger partial charge in [-0.25, -0.2) is 0 Å². The Labute approximate surface area is 163 Å². The molecule has 7 heteroatoms. The fourth-order valence-corrected chi connectivity index (χ4v) is 3.16. The van der Waals surface area contributed by atoms with E-state index in [1.165, 1.54) is 12.8 Å². The molecule has 0 aliphatic carbocycles. The molecular weight excluding hydrogens is 361 g/mol. The summed E-state index contributed by atoms with van der Waals surface area (Å²) in [6.07, 6.45) is 3.88.